The van der Waals surface area contributed by atoms with Crippen LogP contribution in [0, 0.1) is 0 Å². The second-order valence-electron chi connectivity index (χ2n) is 15.6. The molecule has 0 aliphatic carbocycles. The van der Waals surface area contributed by atoms with Crippen LogP contribution in [-0.4, -0.2) is 19.5 Å². The van der Waals surface area contributed by atoms with E-state index < -0.39 is 0 Å². The highest BCUT2D eigenvalue weighted by Crippen LogP contribution is 2.40. The third kappa shape index (κ3) is 6.35. The molecule has 0 aliphatic heterocycles. The molecule has 0 fully saturated rings. The van der Waals surface area contributed by atoms with E-state index in [1.807, 2.05) is 23.5 Å². The lowest BCUT2D eigenvalue weighted by atomic mass is 10.00. The van der Waals surface area contributed by atoms with Gasteiger partial charge in [-0.3, -0.25) is 0 Å². The molecule has 0 radical (unpaired) electrons. The molecular formula is C57H36N4S. The first-order valence-corrected chi connectivity index (χ1v) is 21.7. The molecule has 4 nitrogen and oxygen atoms in total. The van der Waals surface area contributed by atoms with Gasteiger partial charge in [-0.05, 0) is 106 Å². The van der Waals surface area contributed by atoms with Crippen LogP contribution in [0.1, 0.15) is 0 Å². The van der Waals surface area contributed by atoms with E-state index in [1.165, 1.54) is 53.1 Å². The Morgan fingerprint density at radius 3 is 1.27 bits per heavy atom. The van der Waals surface area contributed by atoms with Gasteiger partial charge in [-0.15, -0.1) is 11.3 Å². The van der Waals surface area contributed by atoms with Gasteiger partial charge in [0.15, 0.2) is 17.5 Å². The van der Waals surface area contributed by atoms with Crippen LogP contribution in [0.3, 0.4) is 0 Å². The highest BCUT2D eigenvalue weighted by atomic mass is 32.1. The van der Waals surface area contributed by atoms with Crippen molar-refractivity contribution < 1.29 is 0 Å². The van der Waals surface area contributed by atoms with Crippen LogP contribution in [-0.2, 0) is 0 Å². The summed E-state index contributed by atoms with van der Waals surface area (Å²) in [5.41, 5.74) is 13.3. The highest BCUT2D eigenvalue weighted by Gasteiger charge is 2.17. The summed E-state index contributed by atoms with van der Waals surface area (Å²) in [5, 5.41) is 4.89. The first kappa shape index (κ1) is 35.9. The smallest absolute Gasteiger partial charge is 0.164 e. The Bertz CT molecular complexity index is 3530. The zero-order valence-corrected chi connectivity index (χ0v) is 34.3. The zero-order valence-electron chi connectivity index (χ0n) is 33.5. The molecule has 5 heteroatoms. The molecule has 0 amide bonds. The Labute approximate surface area is 362 Å². The standard InChI is InChI=1S/C57H36N4S/c1-4-14-37(15-5-1)39-18-12-20-43(32-39)55-58-56(44-21-13-19-40(33-44)38-16-6-2-7-17-38)60-57(59-55)45-28-31-54-50(36-45)49-35-42(27-30-53(49)62-54)41-26-29-52-48(34-41)47-24-10-11-25-51(47)61(52)46-22-8-3-9-23-46/h1-36H. The molecular weight excluding hydrogens is 773 g/mol. The van der Waals surface area contributed by atoms with Crippen molar-refractivity contribution in [1.82, 2.24) is 19.5 Å². The van der Waals surface area contributed by atoms with Gasteiger partial charge in [0.1, 0.15) is 0 Å². The van der Waals surface area contributed by atoms with Gasteiger partial charge in [0.2, 0.25) is 0 Å². The third-order valence-corrected chi connectivity index (χ3v) is 13.0. The van der Waals surface area contributed by atoms with Crippen molar-refractivity contribution in [3.63, 3.8) is 0 Å². The minimum absolute atomic E-state index is 0.634. The molecule has 0 bridgehead atoms. The third-order valence-electron chi connectivity index (χ3n) is 11.8. The molecule has 3 aromatic heterocycles. The van der Waals surface area contributed by atoms with Crippen LogP contribution in [0.2, 0.25) is 0 Å². The maximum absolute atomic E-state index is 5.21. The molecule has 0 saturated heterocycles. The number of fused-ring (bicyclic) bond motifs is 6. The summed E-state index contributed by atoms with van der Waals surface area (Å²) in [6.45, 7) is 0. The fourth-order valence-electron chi connectivity index (χ4n) is 8.80. The number of benzene rings is 9. The Balaban J connectivity index is 0.989. The van der Waals surface area contributed by atoms with Crippen molar-refractivity contribution in [3.8, 4) is 73.2 Å². The second kappa shape index (κ2) is 14.9. The van der Waals surface area contributed by atoms with Crippen molar-refractivity contribution in [3.05, 3.63) is 218 Å². The van der Waals surface area contributed by atoms with Crippen LogP contribution < -0.4 is 0 Å². The molecule has 0 N–H and O–H groups in total. The van der Waals surface area contributed by atoms with Gasteiger partial charge in [0, 0.05) is 53.3 Å². The van der Waals surface area contributed by atoms with Crippen molar-refractivity contribution in [2.45, 2.75) is 0 Å². The molecule has 3 heterocycles. The van der Waals surface area contributed by atoms with Crippen LogP contribution in [0.4, 0.5) is 0 Å². The molecule has 9 aromatic carbocycles. The van der Waals surface area contributed by atoms with Gasteiger partial charge >= 0.3 is 0 Å². The quantitative estimate of drug-likeness (QED) is 0.161. The van der Waals surface area contributed by atoms with Gasteiger partial charge in [-0.2, -0.15) is 0 Å². The van der Waals surface area contributed by atoms with E-state index in [9.17, 15) is 0 Å². The van der Waals surface area contributed by atoms with Crippen molar-refractivity contribution in [2.75, 3.05) is 0 Å². The highest BCUT2D eigenvalue weighted by molar-refractivity contribution is 7.25. The van der Waals surface area contributed by atoms with Crippen molar-refractivity contribution in [1.29, 1.82) is 0 Å². The summed E-state index contributed by atoms with van der Waals surface area (Å²) in [6.07, 6.45) is 0. The number of aromatic nitrogens is 4. The van der Waals surface area contributed by atoms with Gasteiger partial charge in [-0.1, -0.05) is 146 Å². The number of thiophene rings is 1. The molecule has 0 spiro atoms. The summed E-state index contributed by atoms with van der Waals surface area (Å²) >= 11 is 1.82. The van der Waals surface area contributed by atoms with Crippen LogP contribution >= 0.6 is 11.3 Å². The summed E-state index contributed by atoms with van der Waals surface area (Å²) in [4.78, 5) is 15.6. The monoisotopic (exact) mass is 808 g/mol. The lowest BCUT2D eigenvalue weighted by molar-refractivity contribution is 1.07. The van der Waals surface area contributed by atoms with Crippen LogP contribution in [0.5, 0.6) is 0 Å². The Hall–Kier alpha value is -7.99. The minimum atomic E-state index is 0.634. The maximum Gasteiger partial charge on any atom is 0.164 e. The molecule has 62 heavy (non-hydrogen) atoms. The summed E-state index contributed by atoms with van der Waals surface area (Å²) in [7, 11) is 0. The molecule has 12 rings (SSSR count). The number of nitrogens with zero attached hydrogens (tertiary/aromatic N) is 4. The lowest BCUT2D eigenvalue weighted by Crippen LogP contribution is -2.00. The van der Waals surface area contributed by atoms with Crippen LogP contribution in [0.15, 0.2) is 218 Å². The normalized spacial score (nSPS) is 11.5. The SMILES string of the molecule is c1ccc(-c2cccc(-c3nc(-c4cccc(-c5ccccc5)c4)nc(-c4ccc5sc6ccc(-c7ccc8c(c7)c7ccccc7n8-c7ccccc7)cc6c5c4)n3)c2)cc1. The van der Waals surface area contributed by atoms with Crippen molar-refractivity contribution in [2.24, 2.45) is 0 Å². The Kier molecular flexibility index (Phi) is 8.65. The number of para-hydroxylation sites is 2. The van der Waals surface area contributed by atoms with Gasteiger partial charge in [-0.25, -0.2) is 15.0 Å². The van der Waals surface area contributed by atoms with E-state index >= 15 is 0 Å². The molecule has 0 atom stereocenters. The molecule has 0 aliphatic rings. The number of hydrogen-bond acceptors (Lipinski definition) is 4. The maximum atomic E-state index is 5.21. The van der Waals surface area contributed by atoms with Gasteiger partial charge in [0.05, 0.1) is 11.0 Å². The average Bonchev–Trinajstić information content (AvgIpc) is 3.89. The summed E-state index contributed by atoms with van der Waals surface area (Å²) in [5.74, 6) is 1.90. The second-order valence-corrected chi connectivity index (χ2v) is 16.7. The Morgan fingerprint density at radius 1 is 0.274 bits per heavy atom. The van der Waals surface area contributed by atoms with E-state index in [-0.39, 0.29) is 0 Å². The fourth-order valence-corrected chi connectivity index (χ4v) is 9.87. The first-order chi connectivity index (χ1) is 30.7. The predicted molar refractivity (Wildman–Crippen MR) is 260 cm³/mol. The molecule has 0 unspecified atom stereocenters. The predicted octanol–water partition coefficient (Wildman–Crippen LogP) is 15.3. The van der Waals surface area contributed by atoms with Crippen molar-refractivity contribution >= 4 is 53.3 Å². The average molecular weight is 809 g/mol. The van der Waals surface area contributed by atoms with Gasteiger partial charge < -0.3 is 4.57 Å². The minimum Gasteiger partial charge on any atom is -0.309 e. The van der Waals surface area contributed by atoms with E-state index in [2.05, 4.69) is 211 Å². The van der Waals surface area contributed by atoms with Gasteiger partial charge in [0.25, 0.3) is 0 Å². The lowest BCUT2D eigenvalue weighted by Gasteiger charge is -2.11. The first-order valence-electron chi connectivity index (χ1n) is 20.8. The van der Waals surface area contributed by atoms with E-state index in [0.717, 1.165) is 44.6 Å². The molecule has 0 saturated carbocycles. The summed E-state index contributed by atoms with van der Waals surface area (Å²) < 4.78 is 4.84. The summed E-state index contributed by atoms with van der Waals surface area (Å²) in [6, 6.07) is 77.6. The largest absolute Gasteiger partial charge is 0.309 e. The van der Waals surface area contributed by atoms with E-state index in [4.69, 9.17) is 15.0 Å². The molecule has 12 aromatic rings. The van der Waals surface area contributed by atoms with E-state index in [1.54, 1.807) is 0 Å². The topological polar surface area (TPSA) is 43.6 Å². The fraction of sp³-hybridized carbons (Fsp3) is 0. The zero-order chi connectivity index (χ0) is 41.0. The Morgan fingerprint density at radius 2 is 0.677 bits per heavy atom. The van der Waals surface area contributed by atoms with E-state index in [0.29, 0.717) is 17.5 Å². The van der Waals surface area contributed by atoms with Crippen LogP contribution in [0.25, 0.3) is 115 Å². The number of hydrogen-bond donors (Lipinski definition) is 0. The number of rotatable bonds is 7. The molecule has 290 valence electrons.